The van der Waals surface area contributed by atoms with Gasteiger partial charge >= 0.3 is 5.97 Å². The number of benzene rings is 2. The summed E-state index contributed by atoms with van der Waals surface area (Å²) in [6, 6.07) is 15.0. The number of nitriles is 1. The summed E-state index contributed by atoms with van der Waals surface area (Å²) in [7, 11) is 0. The Labute approximate surface area is 173 Å². The zero-order chi connectivity index (χ0) is 21.8. The van der Waals surface area contributed by atoms with Gasteiger partial charge in [0, 0.05) is 17.7 Å². The minimum atomic E-state index is -0.836. The van der Waals surface area contributed by atoms with Gasteiger partial charge in [-0.3, -0.25) is 10.1 Å². The fraction of sp³-hybridized carbons (Fsp3) is 0.182. The molecule has 1 unspecified atom stereocenters. The molecule has 0 amide bonds. The van der Waals surface area contributed by atoms with Crippen LogP contribution in [0.4, 0.5) is 5.69 Å². The maximum absolute atomic E-state index is 13.0. The van der Waals surface area contributed by atoms with Crippen LogP contribution in [0.25, 0.3) is 5.76 Å². The molecule has 0 aromatic heterocycles. The third-order valence-corrected chi connectivity index (χ3v) is 4.61. The van der Waals surface area contributed by atoms with E-state index >= 15 is 0 Å². The van der Waals surface area contributed by atoms with Gasteiger partial charge in [-0.1, -0.05) is 42.0 Å². The molecule has 1 aliphatic rings. The Bertz CT molecular complexity index is 1130. The van der Waals surface area contributed by atoms with Crippen molar-refractivity contribution in [2.45, 2.75) is 19.8 Å². The molecule has 152 valence electrons. The number of allylic oxidation sites excluding steroid dienone is 1. The zero-order valence-electron chi connectivity index (χ0n) is 16.4. The van der Waals surface area contributed by atoms with Gasteiger partial charge in [-0.25, -0.2) is 4.79 Å². The van der Waals surface area contributed by atoms with E-state index in [0.717, 1.165) is 5.56 Å². The molecule has 0 aliphatic carbocycles. The van der Waals surface area contributed by atoms with Crippen molar-refractivity contribution in [3.8, 4) is 6.07 Å². The van der Waals surface area contributed by atoms with E-state index in [1.54, 1.807) is 25.1 Å². The molecule has 2 aromatic carbocycles. The Morgan fingerprint density at radius 2 is 2.03 bits per heavy atom. The van der Waals surface area contributed by atoms with E-state index in [1.807, 2.05) is 25.1 Å². The standard InChI is InChI=1S/C22H19N3O5/c1-3-29-22(26)19-18(14-7-4-6-13(2)10-14)17(12-23)21(24)30-20(19)15-8-5-9-16(11-15)25(27)28/h4-11,18H,3,24H2,1-2H3. The Kier molecular flexibility index (Phi) is 5.83. The first-order valence-corrected chi connectivity index (χ1v) is 9.17. The lowest BCUT2D eigenvalue weighted by Gasteiger charge is -2.28. The first-order chi connectivity index (χ1) is 14.4. The van der Waals surface area contributed by atoms with Gasteiger partial charge in [0.25, 0.3) is 5.69 Å². The number of ether oxygens (including phenoxy) is 2. The summed E-state index contributed by atoms with van der Waals surface area (Å²) in [5, 5.41) is 21.0. The lowest BCUT2D eigenvalue weighted by molar-refractivity contribution is -0.384. The largest absolute Gasteiger partial charge is 0.463 e. The normalized spacial score (nSPS) is 16.0. The number of hydrogen-bond donors (Lipinski definition) is 1. The molecule has 0 spiro atoms. The monoisotopic (exact) mass is 405 g/mol. The van der Waals surface area contributed by atoms with Gasteiger partial charge in [-0.15, -0.1) is 0 Å². The average molecular weight is 405 g/mol. The summed E-state index contributed by atoms with van der Waals surface area (Å²) in [5.41, 5.74) is 7.85. The molecular weight excluding hydrogens is 386 g/mol. The number of hydrogen-bond acceptors (Lipinski definition) is 7. The molecule has 30 heavy (non-hydrogen) atoms. The second-order valence-electron chi connectivity index (χ2n) is 6.61. The van der Waals surface area contributed by atoms with Gasteiger partial charge in [-0.2, -0.15) is 5.26 Å². The van der Waals surface area contributed by atoms with Crippen LogP contribution in [0.1, 0.15) is 29.5 Å². The van der Waals surface area contributed by atoms with Gasteiger partial charge in [0.1, 0.15) is 17.4 Å². The maximum Gasteiger partial charge on any atom is 0.338 e. The summed E-state index contributed by atoms with van der Waals surface area (Å²) >= 11 is 0. The molecule has 2 N–H and O–H groups in total. The summed E-state index contributed by atoms with van der Waals surface area (Å²) in [4.78, 5) is 23.6. The van der Waals surface area contributed by atoms with Crippen molar-refractivity contribution >= 4 is 17.4 Å². The first-order valence-electron chi connectivity index (χ1n) is 9.17. The van der Waals surface area contributed by atoms with Crippen LogP contribution < -0.4 is 5.73 Å². The average Bonchev–Trinajstić information content (AvgIpc) is 2.73. The van der Waals surface area contributed by atoms with Crippen LogP contribution in [0.2, 0.25) is 0 Å². The molecule has 1 atom stereocenters. The second kappa shape index (κ2) is 8.49. The van der Waals surface area contributed by atoms with Crippen LogP contribution in [-0.4, -0.2) is 17.5 Å². The Hall–Kier alpha value is -4.12. The summed E-state index contributed by atoms with van der Waals surface area (Å²) < 4.78 is 10.9. The molecule has 8 heteroatoms. The van der Waals surface area contributed by atoms with Crippen LogP contribution in [0.15, 0.2) is 65.6 Å². The molecule has 0 saturated carbocycles. The van der Waals surface area contributed by atoms with Crippen LogP contribution in [0, 0.1) is 28.4 Å². The van der Waals surface area contributed by atoms with Crippen molar-refractivity contribution in [1.82, 2.24) is 0 Å². The molecule has 0 saturated heterocycles. The van der Waals surface area contributed by atoms with Crippen LogP contribution in [0.5, 0.6) is 0 Å². The Morgan fingerprint density at radius 3 is 2.67 bits per heavy atom. The molecule has 2 aromatic rings. The number of nitro benzene ring substituents is 1. The van der Waals surface area contributed by atoms with Gasteiger partial charge in [0.05, 0.1) is 23.0 Å². The van der Waals surface area contributed by atoms with E-state index < -0.39 is 16.8 Å². The Balaban J connectivity index is 2.31. The predicted molar refractivity (Wildman–Crippen MR) is 108 cm³/mol. The highest BCUT2D eigenvalue weighted by atomic mass is 16.6. The van der Waals surface area contributed by atoms with Crippen LogP contribution in [-0.2, 0) is 14.3 Å². The van der Waals surface area contributed by atoms with Gasteiger partial charge in [0.2, 0.25) is 5.88 Å². The van der Waals surface area contributed by atoms with E-state index in [4.69, 9.17) is 15.2 Å². The highest BCUT2D eigenvalue weighted by Crippen LogP contribution is 2.43. The highest BCUT2D eigenvalue weighted by molar-refractivity contribution is 6.00. The zero-order valence-corrected chi connectivity index (χ0v) is 16.4. The first kappa shape index (κ1) is 20.6. The van der Waals surface area contributed by atoms with E-state index in [2.05, 4.69) is 0 Å². The number of nitro groups is 1. The lowest BCUT2D eigenvalue weighted by Crippen LogP contribution is -2.26. The second-order valence-corrected chi connectivity index (χ2v) is 6.61. The van der Waals surface area contributed by atoms with Gasteiger partial charge < -0.3 is 15.2 Å². The van der Waals surface area contributed by atoms with Crippen molar-refractivity contribution in [2.24, 2.45) is 5.73 Å². The van der Waals surface area contributed by atoms with E-state index in [0.29, 0.717) is 5.56 Å². The summed E-state index contributed by atoms with van der Waals surface area (Å²) in [5.74, 6) is -1.67. The number of nitrogens with two attached hydrogens (primary N) is 1. The maximum atomic E-state index is 13.0. The van der Waals surface area contributed by atoms with E-state index in [1.165, 1.54) is 18.2 Å². The predicted octanol–water partition coefficient (Wildman–Crippen LogP) is 3.69. The number of aryl methyl sites for hydroxylation is 1. The number of carbonyl (C=O) groups is 1. The SMILES string of the molecule is CCOC(=O)C1=C(c2cccc([N+](=O)[O-])c2)OC(N)=C(C#N)C1c1cccc(C)c1. The van der Waals surface area contributed by atoms with Crippen molar-refractivity contribution in [1.29, 1.82) is 5.26 Å². The van der Waals surface area contributed by atoms with Crippen molar-refractivity contribution in [2.75, 3.05) is 6.61 Å². The number of rotatable bonds is 5. The third-order valence-electron chi connectivity index (χ3n) is 4.61. The van der Waals surface area contributed by atoms with Gasteiger partial charge in [0.15, 0.2) is 0 Å². The molecule has 0 radical (unpaired) electrons. The lowest BCUT2D eigenvalue weighted by atomic mass is 9.81. The molecule has 8 nitrogen and oxygen atoms in total. The number of nitrogens with zero attached hydrogens (tertiary/aromatic N) is 2. The van der Waals surface area contributed by atoms with Crippen molar-refractivity contribution in [3.05, 3.63) is 92.4 Å². The number of esters is 1. The minimum Gasteiger partial charge on any atom is -0.463 e. The summed E-state index contributed by atoms with van der Waals surface area (Å²) in [6.45, 7) is 3.65. The number of non-ortho nitro benzene ring substituents is 1. The molecular formula is C22H19N3O5. The highest BCUT2D eigenvalue weighted by Gasteiger charge is 2.38. The number of carbonyl (C=O) groups excluding carboxylic acids is 1. The quantitative estimate of drug-likeness (QED) is 0.456. The minimum absolute atomic E-state index is 0.0279. The third kappa shape index (κ3) is 3.86. The van der Waals surface area contributed by atoms with Crippen LogP contribution >= 0.6 is 0 Å². The van der Waals surface area contributed by atoms with E-state index in [-0.39, 0.29) is 40.6 Å². The molecule has 0 fully saturated rings. The molecule has 0 bridgehead atoms. The van der Waals surface area contributed by atoms with E-state index in [9.17, 15) is 20.2 Å². The van der Waals surface area contributed by atoms with Crippen molar-refractivity contribution in [3.63, 3.8) is 0 Å². The Morgan fingerprint density at radius 1 is 1.30 bits per heavy atom. The fourth-order valence-electron chi connectivity index (χ4n) is 3.33. The summed E-state index contributed by atoms with van der Waals surface area (Å²) in [6.07, 6.45) is 0. The van der Waals surface area contributed by atoms with Crippen molar-refractivity contribution < 1.29 is 19.2 Å². The van der Waals surface area contributed by atoms with Gasteiger partial charge in [-0.05, 0) is 19.4 Å². The molecule has 1 aliphatic heterocycles. The molecule has 3 rings (SSSR count). The molecule has 1 heterocycles. The smallest absolute Gasteiger partial charge is 0.338 e. The van der Waals surface area contributed by atoms with Crippen LogP contribution in [0.3, 0.4) is 0 Å². The fourth-order valence-corrected chi connectivity index (χ4v) is 3.33. The topological polar surface area (TPSA) is 128 Å².